The highest BCUT2D eigenvalue weighted by Crippen LogP contribution is 2.39. The van der Waals surface area contributed by atoms with Crippen LogP contribution in [0.3, 0.4) is 0 Å². The first-order valence-electron chi connectivity index (χ1n) is 8.56. The SMILES string of the molecule is COC(OC)C1(C)CC(=O)c2cc(OCc3ccccc3)c(C)cc2O1. The zero-order chi connectivity index (χ0) is 18.7. The summed E-state index contributed by atoms with van der Waals surface area (Å²) in [5.74, 6) is 1.20. The number of benzene rings is 2. The molecule has 3 rings (SSSR count). The molecule has 0 fully saturated rings. The molecule has 0 bridgehead atoms. The molecule has 0 saturated carbocycles. The Bertz CT molecular complexity index is 782. The normalized spacial score (nSPS) is 19.2. The summed E-state index contributed by atoms with van der Waals surface area (Å²) in [6, 6.07) is 13.5. The maximum atomic E-state index is 12.7. The van der Waals surface area contributed by atoms with Crippen LogP contribution in [0.5, 0.6) is 11.5 Å². The summed E-state index contributed by atoms with van der Waals surface area (Å²) in [5, 5.41) is 0. The average molecular weight is 356 g/mol. The van der Waals surface area contributed by atoms with Gasteiger partial charge in [-0.25, -0.2) is 0 Å². The molecule has 1 unspecified atom stereocenters. The summed E-state index contributed by atoms with van der Waals surface area (Å²) in [4.78, 5) is 12.7. The molecule has 5 heteroatoms. The molecule has 0 saturated heterocycles. The van der Waals surface area contributed by atoms with Gasteiger partial charge in [-0.1, -0.05) is 30.3 Å². The Hall–Kier alpha value is -2.37. The van der Waals surface area contributed by atoms with Gasteiger partial charge in [-0.15, -0.1) is 0 Å². The van der Waals surface area contributed by atoms with Crippen LogP contribution in [0.1, 0.15) is 34.8 Å². The van der Waals surface area contributed by atoms with Gasteiger partial charge in [-0.2, -0.15) is 0 Å². The Balaban J connectivity index is 1.84. The average Bonchev–Trinajstić information content (AvgIpc) is 2.62. The minimum absolute atomic E-state index is 0.0163. The van der Waals surface area contributed by atoms with Crippen LogP contribution in [0, 0.1) is 6.92 Å². The Morgan fingerprint density at radius 1 is 1.15 bits per heavy atom. The van der Waals surface area contributed by atoms with Gasteiger partial charge in [0.1, 0.15) is 18.1 Å². The highest BCUT2D eigenvalue weighted by atomic mass is 16.7. The van der Waals surface area contributed by atoms with Crippen LogP contribution in [-0.4, -0.2) is 31.9 Å². The molecule has 2 aromatic carbocycles. The van der Waals surface area contributed by atoms with Crippen molar-refractivity contribution in [1.29, 1.82) is 0 Å². The molecule has 0 N–H and O–H groups in total. The lowest BCUT2D eigenvalue weighted by Gasteiger charge is -2.39. The number of carbonyl (C=O) groups excluding carboxylic acids is 1. The first-order chi connectivity index (χ1) is 12.5. The van der Waals surface area contributed by atoms with E-state index in [4.69, 9.17) is 18.9 Å². The number of methoxy groups -OCH3 is 2. The third-order valence-electron chi connectivity index (χ3n) is 4.60. The van der Waals surface area contributed by atoms with E-state index >= 15 is 0 Å². The first-order valence-corrected chi connectivity index (χ1v) is 8.56. The highest BCUT2D eigenvalue weighted by Gasteiger charge is 2.44. The third kappa shape index (κ3) is 3.59. The van der Waals surface area contributed by atoms with E-state index in [0.717, 1.165) is 11.1 Å². The van der Waals surface area contributed by atoms with Gasteiger partial charge in [0.2, 0.25) is 0 Å². The molecule has 0 radical (unpaired) electrons. The summed E-state index contributed by atoms with van der Waals surface area (Å²) < 4.78 is 22.7. The summed E-state index contributed by atoms with van der Waals surface area (Å²) in [7, 11) is 3.07. The molecule has 5 nitrogen and oxygen atoms in total. The fourth-order valence-electron chi connectivity index (χ4n) is 3.28. The Morgan fingerprint density at radius 3 is 2.50 bits per heavy atom. The number of ether oxygens (including phenoxy) is 4. The van der Waals surface area contributed by atoms with Crippen molar-refractivity contribution in [2.24, 2.45) is 0 Å². The van der Waals surface area contributed by atoms with Gasteiger partial charge >= 0.3 is 0 Å². The van der Waals surface area contributed by atoms with Crippen molar-refractivity contribution < 1.29 is 23.7 Å². The summed E-state index contributed by atoms with van der Waals surface area (Å²) in [6.07, 6.45) is -0.456. The van der Waals surface area contributed by atoms with Gasteiger partial charge in [0.25, 0.3) is 0 Å². The van der Waals surface area contributed by atoms with Gasteiger partial charge in [0, 0.05) is 14.2 Å². The number of ketones is 1. The molecule has 0 aromatic heterocycles. The van der Waals surface area contributed by atoms with Crippen LogP contribution in [-0.2, 0) is 16.1 Å². The number of Topliss-reactive ketones (excluding diaryl/α,β-unsaturated/α-hetero) is 1. The predicted molar refractivity (Wildman–Crippen MR) is 97.7 cm³/mol. The second-order valence-corrected chi connectivity index (χ2v) is 6.71. The van der Waals surface area contributed by atoms with Crippen LogP contribution < -0.4 is 9.47 Å². The molecule has 26 heavy (non-hydrogen) atoms. The van der Waals surface area contributed by atoms with Crippen molar-refractivity contribution >= 4 is 5.78 Å². The fourth-order valence-corrected chi connectivity index (χ4v) is 3.28. The van der Waals surface area contributed by atoms with E-state index in [-0.39, 0.29) is 12.2 Å². The highest BCUT2D eigenvalue weighted by molar-refractivity contribution is 6.01. The van der Waals surface area contributed by atoms with E-state index in [9.17, 15) is 4.79 Å². The van der Waals surface area contributed by atoms with Crippen molar-refractivity contribution in [3.63, 3.8) is 0 Å². The van der Waals surface area contributed by atoms with Crippen molar-refractivity contribution in [3.8, 4) is 11.5 Å². The second kappa shape index (κ2) is 7.48. The van der Waals surface area contributed by atoms with Crippen LogP contribution >= 0.6 is 0 Å². The van der Waals surface area contributed by atoms with E-state index < -0.39 is 11.9 Å². The number of rotatable bonds is 6. The smallest absolute Gasteiger partial charge is 0.197 e. The molecule has 1 aliphatic heterocycles. The van der Waals surface area contributed by atoms with Crippen molar-refractivity contribution in [3.05, 3.63) is 59.2 Å². The van der Waals surface area contributed by atoms with Crippen LogP contribution in [0.15, 0.2) is 42.5 Å². The minimum Gasteiger partial charge on any atom is -0.489 e. The lowest BCUT2D eigenvalue weighted by Crippen LogP contribution is -2.50. The molecule has 2 aromatic rings. The first kappa shape index (κ1) is 18.4. The topological polar surface area (TPSA) is 54.0 Å². The van der Waals surface area contributed by atoms with E-state index in [2.05, 4.69) is 0 Å². The number of aryl methyl sites for hydroxylation is 1. The Labute approximate surface area is 153 Å². The fraction of sp³-hybridized carbons (Fsp3) is 0.381. The molecule has 0 aliphatic carbocycles. The molecule has 0 spiro atoms. The van der Waals surface area contributed by atoms with E-state index in [1.54, 1.807) is 6.07 Å². The van der Waals surface area contributed by atoms with Crippen LogP contribution in [0.4, 0.5) is 0 Å². The quantitative estimate of drug-likeness (QED) is 0.735. The minimum atomic E-state index is -0.869. The number of hydrogen-bond acceptors (Lipinski definition) is 5. The van der Waals surface area contributed by atoms with Gasteiger partial charge in [0.15, 0.2) is 17.7 Å². The van der Waals surface area contributed by atoms with E-state index in [1.807, 2.05) is 50.2 Å². The molecule has 1 aliphatic rings. The Kier molecular flexibility index (Phi) is 5.30. The lowest BCUT2D eigenvalue weighted by atomic mass is 9.90. The summed E-state index contributed by atoms with van der Waals surface area (Å²) >= 11 is 0. The van der Waals surface area contributed by atoms with Gasteiger partial charge in [-0.05, 0) is 37.1 Å². The monoisotopic (exact) mass is 356 g/mol. The molecule has 0 amide bonds. The standard InChI is InChI=1S/C21H24O5/c1-14-10-19-16(11-18(14)25-13-15-8-6-5-7-9-15)17(22)12-21(2,26-19)20(23-3)24-4/h5-11,20H,12-13H2,1-4H3. The molecular weight excluding hydrogens is 332 g/mol. The largest absolute Gasteiger partial charge is 0.489 e. The number of fused-ring (bicyclic) bond motifs is 1. The zero-order valence-corrected chi connectivity index (χ0v) is 15.6. The van der Waals surface area contributed by atoms with Crippen LogP contribution in [0.25, 0.3) is 0 Å². The number of carbonyl (C=O) groups is 1. The maximum absolute atomic E-state index is 12.7. The van der Waals surface area contributed by atoms with E-state index in [1.165, 1.54) is 14.2 Å². The summed E-state index contributed by atoms with van der Waals surface area (Å²) in [5.41, 5.74) is 1.64. The predicted octanol–water partition coefficient (Wildman–Crippen LogP) is 3.92. The molecule has 1 heterocycles. The summed E-state index contributed by atoms with van der Waals surface area (Å²) in [6.45, 7) is 4.20. The molecule has 1 atom stereocenters. The molecule has 138 valence electrons. The van der Waals surface area contributed by atoms with Gasteiger partial charge in [0.05, 0.1) is 12.0 Å². The molecular formula is C21H24O5. The second-order valence-electron chi connectivity index (χ2n) is 6.71. The Morgan fingerprint density at radius 2 is 1.85 bits per heavy atom. The van der Waals surface area contributed by atoms with Crippen molar-refractivity contribution in [2.75, 3.05) is 14.2 Å². The lowest BCUT2D eigenvalue weighted by molar-refractivity contribution is -0.197. The van der Waals surface area contributed by atoms with Crippen LogP contribution in [0.2, 0.25) is 0 Å². The van der Waals surface area contributed by atoms with Crippen molar-refractivity contribution in [2.45, 2.75) is 38.8 Å². The third-order valence-corrected chi connectivity index (χ3v) is 4.60. The van der Waals surface area contributed by atoms with Gasteiger partial charge in [-0.3, -0.25) is 4.79 Å². The zero-order valence-electron chi connectivity index (χ0n) is 15.6. The maximum Gasteiger partial charge on any atom is 0.197 e. The van der Waals surface area contributed by atoms with Gasteiger partial charge < -0.3 is 18.9 Å². The number of hydrogen-bond donors (Lipinski definition) is 0. The van der Waals surface area contributed by atoms with Crippen molar-refractivity contribution in [1.82, 2.24) is 0 Å². The van der Waals surface area contributed by atoms with E-state index in [0.29, 0.717) is 23.7 Å².